The van der Waals surface area contributed by atoms with Gasteiger partial charge >= 0.3 is 6.03 Å². The number of carbonyl (C=O) groups excluding carboxylic acids is 1. The normalized spacial score (nSPS) is 10.2. The van der Waals surface area contributed by atoms with Crippen LogP contribution >= 0.6 is 0 Å². The lowest BCUT2D eigenvalue weighted by atomic mass is 10.1. The van der Waals surface area contributed by atoms with Gasteiger partial charge in [-0.25, -0.2) is 4.79 Å². The summed E-state index contributed by atoms with van der Waals surface area (Å²) >= 11 is 0. The Morgan fingerprint density at radius 2 is 2.17 bits per heavy atom. The van der Waals surface area contributed by atoms with Crippen LogP contribution in [-0.4, -0.2) is 31.2 Å². The number of hydrogen-bond acceptors (Lipinski definition) is 4. The number of urea groups is 1. The molecule has 1 aromatic rings. The summed E-state index contributed by atoms with van der Waals surface area (Å²) in [6.07, 6.45) is 1.80. The van der Waals surface area contributed by atoms with Crippen LogP contribution in [0, 0.1) is 13.8 Å². The Balaban J connectivity index is 2.50. The number of methoxy groups -OCH3 is 1. The summed E-state index contributed by atoms with van der Waals surface area (Å²) in [4.78, 5) is 14.8. The summed E-state index contributed by atoms with van der Waals surface area (Å²) in [6, 6.07) is -0.511. The minimum atomic E-state index is -0.511. The van der Waals surface area contributed by atoms with Crippen LogP contribution < -0.4 is 21.1 Å². The van der Waals surface area contributed by atoms with E-state index in [0.717, 1.165) is 22.6 Å². The second kappa shape index (κ2) is 6.80. The fourth-order valence-electron chi connectivity index (χ4n) is 1.73. The number of ether oxygens (including phenoxy) is 1. The Bertz CT molecular complexity index is 421. The van der Waals surface area contributed by atoms with Crippen LogP contribution in [0.3, 0.4) is 0 Å². The highest BCUT2D eigenvalue weighted by Gasteiger charge is 2.08. The number of aryl methyl sites for hydroxylation is 1. The maximum absolute atomic E-state index is 10.5. The van der Waals surface area contributed by atoms with E-state index >= 15 is 0 Å². The predicted octanol–water partition coefficient (Wildman–Crippen LogP) is 0.465. The molecule has 0 unspecified atom stereocenters. The SMILES string of the molecule is COc1c(C)cnc(CNCCNC(N)=O)c1C. The van der Waals surface area contributed by atoms with Crippen molar-refractivity contribution in [3.8, 4) is 5.75 Å². The number of primary amides is 1. The van der Waals surface area contributed by atoms with E-state index in [0.29, 0.717) is 19.6 Å². The Kier molecular flexibility index (Phi) is 5.38. The number of nitrogens with one attached hydrogen (secondary N) is 2. The summed E-state index contributed by atoms with van der Waals surface area (Å²) < 4.78 is 5.33. The molecule has 0 bridgehead atoms. The quantitative estimate of drug-likeness (QED) is 0.642. The molecular formula is C12H20N4O2. The molecule has 0 radical (unpaired) electrons. The molecule has 1 rings (SSSR count). The molecule has 0 aromatic carbocycles. The molecule has 4 N–H and O–H groups in total. The van der Waals surface area contributed by atoms with Crippen molar-refractivity contribution in [2.45, 2.75) is 20.4 Å². The van der Waals surface area contributed by atoms with Gasteiger partial charge in [-0.1, -0.05) is 0 Å². The summed E-state index contributed by atoms with van der Waals surface area (Å²) in [6.45, 7) is 5.71. The van der Waals surface area contributed by atoms with E-state index in [1.807, 2.05) is 13.8 Å². The largest absolute Gasteiger partial charge is 0.496 e. The first-order chi connectivity index (χ1) is 8.56. The van der Waals surface area contributed by atoms with Crippen molar-refractivity contribution in [2.75, 3.05) is 20.2 Å². The van der Waals surface area contributed by atoms with E-state index in [4.69, 9.17) is 10.5 Å². The minimum Gasteiger partial charge on any atom is -0.496 e. The summed E-state index contributed by atoms with van der Waals surface area (Å²) in [7, 11) is 1.66. The highest BCUT2D eigenvalue weighted by Crippen LogP contribution is 2.23. The van der Waals surface area contributed by atoms with Crippen molar-refractivity contribution in [3.05, 3.63) is 23.0 Å². The van der Waals surface area contributed by atoms with Crippen LogP contribution in [0.4, 0.5) is 4.79 Å². The minimum absolute atomic E-state index is 0.497. The molecule has 2 amide bonds. The lowest BCUT2D eigenvalue weighted by Gasteiger charge is -2.12. The zero-order valence-electron chi connectivity index (χ0n) is 11.0. The number of carbonyl (C=O) groups is 1. The molecule has 0 spiro atoms. The van der Waals surface area contributed by atoms with Crippen molar-refractivity contribution < 1.29 is 9.53 Å². The second-order valence-corrected chi connectivity index (χ2v) is 4.01. The van der Waals surface area contributed by atoms with Crippen LogP contribution in [0.5, 0.6) is 5.75 Å². The molecule has 0 atom stereocenters. The van der Waals surface area contributed by atoms with Gasteiger partial charge in [0.15, 0.2) is 0 Å². The number of pyridine rings is 1. The third-order valence-electron chi connectivity index (χ3n) is 2.64. The molecule has 6 heteroatoms. The Morgan fingerprint density at radius 3 is 2.78 bits per heavy atom. The lowest BCUT2D eigenvalue weighted by Crippen LogP contribution is -2.35. The predicted molar refractivity (Wildman–Crippen MR) is 69.6 cm³/mol. The van der Waals surface area contributed by atoms with Gasteiger partial charge in [-0.2, -0.15) is 0 Å². The Labute approximate surface area is 107 Å². The monoisotopic (exact) mass is 252 g/mol. The first kappa shape index (κ1) is 14.2. The molecule has 0 aliphatic carbocycles. The van der Waals surface area contributed by atoms with Gasteiger partial charge in [0.25, 0.3) is 0 Å². The van der Waals surface area contributed by atoms with E-state index in [9.17, 15) is 4.79 Å². The van der Waals surface area contributed by atoms with Gasteiger partial charge in [-0.05, 0) is 13.8 Å². The second-order valence-electron chi connectivity index (χ2n) is 4.01. The molecule has 1 aromatic heterocycles. The average Bonchev–Trinajstić information content (AvgIpc) is 2.31. The smallest absolute Gasteiger partial charge is 0.312 e. The van der Waals surface area contributed by atoms with Crippen molar-refractivity contribution in [2.24, 2.45) is 5.73 Å². The molecule has 0 saturated carbocycles. The van der Waals surface area contributed by atoms with E-state index in [-0.39, 0.29) is 0 Å². The van der Waals surface area contributed by atoms with Crippen LogP contribution in [0.1, 0.15) is 16.8 Å². The van der Waals surface area contributed by atoms with Crippen molar-refractivity contribution in [3.63, 3.8) is 0 Å². The van der Waals surface area contributed by atoms with E-state index in [1.54, 1.807) is 13.3 Å². The maximum Gasteiger partial charge on any atom is 0.312 e. The fraction of sp³-hybridized carbons (Fsp3) is 0.500. The standard InChI is InChI=1S/C12H20N4O2/c1-8-6-16-10(9(2)11(8)18-3)7-14-4-5-15-12(13)17/h6,14H,4-5,7H2,1-3H3,(H3,13,15,17). The van der Waals surface area contributed by atoms with Gasteiger partial charge in [-0.3, -0.25) is 4.98 Å². The number of rotatable bonds is 6. The third-order valence-corrected chi connectivity index (χ3v) is 2.64. The molecule has 0 aliphatic heterocycles. The van der Waals surface area contributed by atoms with E-state index in [2.05, 4.69) is 15.6 Å². The molecule has 100 valence electrons. The van der Waals surface area contributed by atoms with Gasteiger partial charge in [0.2, 0.25) is 0 Å². The van der Waals surface area contributed by atoms with Gasteiger partial charge in [-0.15, -0.1) is 0 Å². The number of nitrogens with two attached hydrogens (primary N) is 1. The van der Waals surface area contributed by atoms with E-state index < -0.39 is 6.03 Å². The number of amides is 2. The molecule has 0 aliphatic rings. The van der Waals surface area contributed by atoms with Gasteiger partial charge in [0, 0.05) is 37.0 Å². The lowest BCUT2D eigenvalue weighted by molar-refractivity contribution is 0.249. The highest BCUT2D eigenvalue weighted by molar-refractivity contribution is 5.71. The molecule has 1 heterocycles. The molecule has 18 heavy (non-hydrogen) atoms. The Morgan fingerprint density at radius 1 is 1.44 bits per heavy atom. The van der Waals surface area contributed by atoms with Crippen molar-refractivity contribution in [1.82, 2.24) is 15.6 Å². The fourth-order valence-corrected chi connectivity index (χ4v) is 1.73. The maximum atomic E-state index is 10.5. The van der Waals surface area contributed by atoms with Gasteiger partial charge < -0.3 is 21.1 Å². The Hall–Kier alpha value is -1.82. The van der Waals surface area contributed by atoms with Crippen molar-refractivity contribution in [1.29, 1.82) is 0 Å². The highest BCUT2D eigenvalue weighted by atomic mass is 16.5. The molecule has 0 fully saturated rings. The van der Waals surface area contributed by atoms with Crippen LogP contribution in [0.2, 0.25) is 0 Å². The molecule has 0 saturated heterocycles. The number of aromatic nitrogens is 1. The number of hydrogen-bond donors (Lipinski definition) is 3. The molecular weight excluding hydrogens is 232 g/mol. The number of nitrogens with zero attached hydrogens (tertiary/aromatic N) is 1. The van der Waals surface area contributed by atoms with E-state index in [1.165, 1.54) is 0 Å². The van der Waals surface area contributed by atoms with Crippen LogP contribution in [0.25, 0.3) is 0 Å². The van der Waals surface area contributed by atoms with Crippen molar-refractivity contribution >= 4 is 6.03 Å². The zero-order valence-corrected chi connectivity index (χ0v) is 11.0. The van der Waals surface area contributed by atoms with Crippen LogP contribution in [-0.2, 0) is 6.54 Å². The summed E-state index contributed by atoms with van der Waals surface area (Å²) in [5, 5.41) is 5.69. The third kappa shape index (κ3) is 3.89. The first-order valence-electron chi connectivity index (χ1n) is 5.79. The first-order valence-corrected chi connectivity index (χ1v) is 5.79. The van der Waals surface area contributed by atoms with Crippen LogP contribution in [0.15, 0.2) is 6.20 Å². The summed E-state index contributed by atoms with van der Waals surface area (Å²) in [5.41, 5.74) is 7.96. The van der Waals surface area contributed by atoms with Gasteiger partial charge in [0.05, 0.1) is 12.8 Å². The topological polar surface area (TPSA) is 89.3 Å². The van der Waals surface area contributed by atoms with Gasteiger partial charge in [0.1, 0.15) is 5.75 Å². The zero-order chi connectivity index (χ0) is 13.5. The average molecular weight is 252 g/mol. The molecule has 6 nitrogen and oxygen atoms in total. The summed E-state index contributed by atoms with van der Waals surface area (Å²) in [5.74, 6) is 0.872.